The maximum atomic E-state index is 11.9. The summed E-state index contributed by atoms with van der Waals surface area (Å²) in [7, 11) is 0. The summed E-state index contributed by atoms with van der Waals surface area (Å²) in [5.74, 6) is -0.225. The highest BCUT2D eigenvalue weighted by molar-refractivity contribution is 6.33. The van der Waals surface area contributed by atoms with Crippen molar-refractivity contribution in [2.45, 2.75) is 31.7 Å². The summed E-state index contributed by atoms with van der Waals surface area (Å²) in [6, 6.07) is 5.31. The fraction of sp³-hybridized carbons (Fsp3) is 0.429. The first-order valence-corrected chi connectivity index (χ1v) is 7.07. The number of nitrogens with one attached hydrogen (secondary N) is 2. The number of hydrogen-bond donors (Lipinski definition) is 3. The van der Waals surface area contributed by atoms with Crippen molar-refractivity contribution in [3.63, 3.8) is 0 Å². The maximum Gasteiger partial charge on any atom is 0.253 e. The Labute approximate surface area is 122 Å². The molecule has 0 aromatic heterocycles. The first kappa shape index (κ1) is 14.7. The highest BCUT2D eigenvalue weighted by atomic mass is 35.5. The van der Waals surface area contributed by atoms with E-state index in [0.717, 1.165) is 12.8 Å². The molecular formula is C14H18ClN3O2. The van der Waals surface area contributed by atoms with Crippen molar-refractivity contribution in [3.05, 3.63) is 28.8 Å². The number of nitrogens with two attached hydrogens (primary N) is 1. The molecule has 5 nitrogen and oxygen atoms in total. The molecule has 1 aromatic carbocycles. The van der Waals surface area contributed by atoms with Gasteiger partial charge in [-0.1, -0.05) is 17.7 Å². The number of carbonyl (C=O) groups excluding carboxylic acids is 2. The molecule has 1 aromatic rings. The topological polar surface area (TPSA) is 84.2 Å². The lowest BCUT2D eigenvalue weighted by Gasteiger charge is -2.08. The Hall–Kier alpha value is -1.75. The molecule has 108 valence electrons. The third-order valence-electron chi connectivity index (χ3n) is 3.11. The van der Waals surface area contributed by atoms with Crippen LogP contribution in [0.3, 0.4) is 0 Å². The van der Waals surface area contributed by atoms with E-state index in [1.54, 1.807) is 18.2 Å². The number of amides is 2. The molecule has 1 fully saturated rings. The van der Waals surface area contributed by atoms with Crippen molar-refractivity contribution in [2.75, 3.05) is 12.3 Å². The lowest BCUT2D eigenvalue weighted by molar-refractivity contribution is -0.121. The van der Waals surface area contributed by atoms with Crippen molar-refractivity contribution >= 4 is 29.1 Å². The number of para-hydroxylation sites is 1. The standard InChI is InChI=1S/C14H18ClN3O2/c15-11-4-1-3-10(13(11)16)14(20)17-8-2-5-12(19)18-9-6-7-9/h1,3-4,9H,2,5-8,16H2,(H,17,20)(H,18,19). The number of hydrogen-bond acceptors (Lipinski definition) is 3. The molecule has 6 heteroatoms. The molecule has 0 unspecified atom stereocenters. The fourth-order valence-electron chi connectivity index (χ4n) is 1.81. The maximum absolute atomic E-state index is 11.9. The number of carbonyl (C=O) groups is 2. The largest absolute Gasteiger partial charge is 0.397 e. The molecule has 0 radical (unpaired) electrons. The zero-order chi connectivity index (χ0) is 14.5. The highest BCUT2D eigenvalue weighted by Gasteiger charge is 2.22. The molecule has 2 rings (SSSR count). The Morgan fingerprint density at radius 1 is 1.35 bits per heavy atom. The molecule has 4 N–H and O–H groups in total. The normalized spacial score (nSPS) is 13.8. The van der Waals surface area contributed by atoms with E-state index in [9.17, 15) is 9.59 Å². The minimum atomic E-state index is -0.271. The van der Waals surface area contributed by atoms with Crippen molar-refractivity contribution in [3.8, 4) is 0 Å². The van der Waals surface area contributed by atoms with Crippen LogP contribution >= 0.6 is 11.6 Å². The van der Waals surface area contributed by atoms with E-state index in [1.807, 2.05) is 0 Å². The summed E-state index contributed by atoms with van der Waals surface area (Å²) in [5.41, 5.74) is 6.38. The van der Waals surface area contributed by atoms with E-state index in [1.165, 1.54) is 0 Å². The fourth-order valence-corrected chi connectivity index (χ4v) is 1.98. The van der Waals surface area contributed by atoms with Gasteiger partial charge in [-0.05, 0) is 31.4 Å². The molecule has 1 aliphatic rings. The van der Waals surface area contributed by atoms with Gasteiger partial charge in [-0.3, -0.25) is 9.59 Å². The molecule has 0 atom stereocenters. The number of halogens is 1. The van der Waals surface area contributed by atoms with Crippen LogP contribution in [0.1, 0.15) is 36.0 Å². The van der Waals surface area contributed by atoms with Crippen molar-refractivity contribution in [1.29, 1.82) is 0 Å². The Kier molecular flexibility index (Phi) is 4.84. The summed E-state index contributed by atoms with van der Waals surface area (Å²) in [5, 5.41) is 6.00. The van der Waals surface area contributed by atoms with Gasteiger partial charge in [0, 0.05) is 19.0 Å². The summed E-state index contributed by atoms with van der Waals surface area (Å²) in [4.78, 5) is 23.3. The van der Waals surface area contributed by atoms with E-state index in [0.29, 0.717) is 36.0 Å². The van der Waals surface area contributed by atoms with E-state index in [2.05, 4.69) is 10.6 Å². The first-order chi connectivity index (χ1) is 9.58. The van der Waals surface area contributed by atoms with Gasteiger partial charge < -0.3 is 16.4 Å². The monoisotopic (exact) mass is 295 g/mol. The second kappa shape index (κ2) is 6.61. The predicted octanol–water partition coefficient (Wildman–Crippen LogP) is 1.71. The van der Waals surface area contributed by atoms with Crippen LogP contribution in [0, 0.1) is 0 Å². The minimum Gasteiger partial charge on any atom is -0.397 e. The van der Waals surface area contributed by atoms with Crippen LogP contribution in [0.25, 0.3) is 0 Å². The van der Waals surface area contributed by atoms with Crippen LogP contribution in [0.5, 0.6) is 0 Å². The zero-order valence-electron chi connectivity index (χ0n) is 11.1. The second-order valence-corrected chi connectivity index (χ2v) is 5.31. The van der Waals surface area contributed by atoms with E-state index >= 15 is 0 Å². The van der Waals surface area contributed by atoms with Crippen LogP contribution in [-0.2, 0) is 4.79 Å². The second-order valence-electron chi connectivity index (χ2n) is 4.90. The van der Waals surface area contributed by atoms with Gasteiger partial charge in [0.2, 0.25) is 5.91 Å². The molecule has 1 aliphatic carbocycles. The average Bonchev–Trinajstić information content (AvgIpc) is 3.21. The molecule has 20 heavy (non-hydrogen) atoms. The van der Waals surface area contributed by atoms with E-state index in [-0.39, 0.29) is 17.5 Å². The molecule has 0 heterocycles. The van der Waals surface area contributed by atoms with E-state index in [4.69, 9.17) is 17.3 Å². The van der Waals surface area contributed by atoms with Gasteiger partial charge in [-0.15, -0.1) is 0 Å². The summed E-state index contributed by atoms with van der Waals surface area (Å²) >= 11 is 5.86. The lowest BCUT2D eigenvalue weighted by atomic mass is 10.1. The third kappa shape index (κ3) is 4.13. The summed E-state index contributed by atoms with van der Waals surface area (Å²) in [6.07, 6.45) is 3.18. The number of rotatable bonds is 6. The van der Waals surface area contributed by atoms with Crippen LogP contribution < -0.4 is 16.4 Å². The Balaban J connectivity index is 1.71. The SMILES string of the molecule is Nc1c(Cl)cccc1C(=O)NCCCC(=O)NC1CC1. The van der Waals surface area contributed by atoms with Crippen molar-refractivity contribution in [2.24, 2.45) is 0 Å². The number of benzene rings is 1. The van der Waals surface area contributed by atoms with Gasteiger partial charge >= 0.3 is 0 Å². The third-order valence-corrected chi connectivity index (χ3v) is 3.44. The van der Waals surface area contributed by atoms with Crippen molar-refractivity contribution < 1.29 is 9.59 Å². The molecule has 0 saturated heterocycles. The van der Waals surface area contributed by atoms with Crippen LogP contribution in [0.2, 0.25) is 5.02 Å². The summed E-state index contributed by atoms with van der Waals surface area (Å²) < 4.78 is 0. The van der Waals surface area contributed by atoms with Gasteiger partial charge in [0.25, 0.3) is 5.91 Å². The Bertz CT molecular complexity index is 515. The van der Waals surface area contributed by atoms with Gasteiger partial charge in [-0.2, -0.15) is 0 Å². The van der Waals surface area contributed by atoms with Crippen LogP contribution in [0.15, 0.2) is 18.2 Å². The minimum absolute atomic E-state index is 0.0454. The van der Waals surface area contributed by atoms with Crippen LogP contribution in [0.4, 0.5) is 5.69 Å². The average molecular weight is 296 g/mol. The lowest BCUT2D eigenvalue weighted by Crippen LogP contribution is -2.28. The smallest absolute Gasteiger partial charge is 0.253 e. The molecular weight excluding hydrogens is 278 g/mol. The Morgan fingerprint density at radius 2 is 2.10 bits per heavy atom. The molecule has 0 bridgehead atoms. The number of nitrogen functional groups attached to an aromatic ring is 1. The van der Waals surface area contributed by atoms with Gasteiger partial charge in [0.15, 0.2) is 0 Å². The highest BCUT2D eigenvalue weighted by Crippen LogP contribution is 2.22. The van der Waals surface area contributed by atoms with E-state index < -0.39 is 0 Å². The summed E-state index contributed by atoms with van der Waals surface area (Å²) in [6.45, 7) is 0.433. The van der Waals surface area contributed by atoms with Gasteiger partial charge in [0.05, 0.1) is 16.3 Å². The van der Waals surface area contributed by atoms with Crippen LogP contribution in [-0.4, -0.2) is 24.4 Å². The van der Waals surface area contributed by atoms with Crippen molar-refractivity contribution in [1.82, 2.24) is 10.6 Å². The zero-order valence-corrected chi connectivity index (χ0v) is 11.9. The predicted molar refractivity (Wildman–Crippen MR) is 78.6 cm³/mol. The molecule has 0 spiro atoms. The van der Waals surface area contributed by atoms with Gasteiger partial charge in [-0.25, -0.2) is 0 Å². The quantitative estimate of drug-likeness (QED) is 0.552. The molecule has 0 aliphatic heterocycles. The van der Waals surface area contributed by atoms with Gasteiger partial charge in [0.1, 0.15) is 0 Å². The number of anilines is 1. The molecule has 1 saturated carbocycles. The molecule has 2 amide bonds. The first-order valence-electron chi connectivity index (χ1n) is 6.69. The Morgan fingerprint density at radius 3 is 2.80 bits per heavy atom.